The molecule has 1 unspecified atom stereocenters. The Kier molecular flexibility index (Phi) is 4.74. The quantitative estimate of drug-likeness (QED) is 0.784. The van der Waals surface area contributed by atoms with Gasteiger partial charge in [-0.1, -0.05) is 0 Å². The summed E-state index contributed by atoms with van der Waals surface area (Å²) in [6.45, 7) is 2.53. The van der Waals surface area contributed by atoms with E-state index in [0.717, 1.165) is 0 Å². The second-order valence-corrected chi connectivity index (χ2v) is 5.68. The molecule has 5 nitrogen and oxygen atoms in total. The summed E-state index contributed by atoms with van der Waals surface area (Å²) in [6.07, 6.45) is -5.47. The zero-order chi connectivity index (χ0) is 18.2. The van der Waals surface area contributed by atoms with Gasteiger partial charge in [0.25, 0.3) is 0 Å². The number of rotatable bonds is 3. The molecule has 0 N–H and O–H groups in total. The molecule has 0 saturated carbocycles. The maximum Gasteiger partial charge on any atom is 0.419 e. The summed E-state index contributed by atoms with van der Waals surface area (Å²) in [6, 6.07) is 0.767. The van der Waals surface area contributed by atoms with Gasteiger partial charge in [0.15, 0.2) is 0 Å². The lowest BCUT2D eigenvalue weighted by atomic mass is 10.1. The molecular formula is C15H14F5N3O2. The second kappa shape index (κ2) is 6.68. The van der Waals surface area contributed by atoms with Crippen molar-refractivity contribution in [1.82, 2.24) is 15.1 Å². The van der Waals surface area contributed by atoms with Gasteiger partial charge in [-0.05, 0) is 12.1 Å². The van der Waals surface area contributed by atoms with Crippen molar-refractivity contribution < 1.29 is 31.1 Å². The lowest BCUT2D eigenvalue weighted by molar-refractivity contribution is -0.140. The number of nitrogens with zero attached hydrogens (tertiary/aromatic N) is 3. The summed E-state index contributed by atoms with van der Waals surface area (Å²) in [5.41, 5.74) is -1.78. The number of halogens is 5. The minimum absolute atomic E-state index is 0.0616. The standard InChI is InChI=1S/C15H14F5N3O2/c1-8-21-22-14(25-8)13-7-23(2-3-24-13)6-9-4-12(17)10(5-11(9)16)15(18,19)20/h4-5,13H,2-3,6-7H2,1H3. The van der Waals surface area contributed by atoms with Crippen molar-refractivity contribution in [3.63, 3.8) is 0 Å². The molecule has 2 aromatic rings. The van der Waals surface area contributed by atoms with E-state index in [4.69, 9.17) is 9.15 Å². The van der Waals surface area contributed by atoms with E-state index in [1.165, 1.54) is 0 Å². The Bertz CT molecular complexity index is 762. The normalized spacial score (nSPS) is 19.4. The van der Waals surface area contributed by atoms with Crippen LogP contribution in [0.2, 0.25) is 0 Å². The zero-order valence-corrected chi connectivity index (χ0v) is 13.1. The van der Waals surface area contributed by atoms with Gasteiger partial charge in [0, 0.05) is 32.1 Å². The van der Waals surface area contributed by atoms with E-state index >= 15 is 0 Å². The fourth-order valence-electron chi connectivity index (χ4n) is 2.60. The number of aromatic nitrogens is 2. The first kappa shape index (κ1) is 17.7. The van der Waals surface area contributed by atoms with Crippen molar-refractivity contribution >= 4 is 0 Å². The van der Waals surface area contributed by atoms with Crippen molar-refractivity contribution in [3.8, 4) is 0 Å². The van der Waals surface area contributed by atoms with Crippen LogP contribution in [0.1, 0.15) is 29.0 Å². The monoisotopic (exact) mass is 363 g/mol. The molecule has 0 radical (unpaired) electrons. The SMILES string of the molecule is Cc1nnc(C2CN(Cc3cc(F)c(C(F)(F)F)cc3F)CCO2)o1. The first-order chi connectivity index (χ1) is 11.7. The van der Waals surface area contributed by atoms with Gasteiger partial charge in [-0.2, -0.15) is 13.2 Å². The van der Waals surface area contributed by atoms with Crippen molar-refractivity contribution in [2.24, 2.45) is 0 Å². The van der Waals surface area contributed by atoms with Gasteiger partial charge < -0.3 is 9.15 Å². The number of morpholine rings is 1. The summed E-state index contributed by atoms with van der Waals surface area (Å²) >= 11 is 0. The molecular weight excluding hydrogens is 349 g/mol. The highest BCUT2D eigenvalue weighted by Crippen LogP contribution is 2.33. The van der Waals surface area contributed by atoms with E-state index in [1.54, 1.807) is 11.8 Å². The number of ether oxygens (including phenoxy) is 1. The highest BCUT2D eigenvalue weighted by molar-refractivity contribution is 5.28. The summed E-state index contributed by atoms with van der Waals surface area (Å²) in [5, 5.41) is 7.55. The molecule has 25 heavy (non-hydrogen) atoms. The van der Waals surface area contributed by atoms with E-state index in [2.05, 4.69) is 10.2 Å². The first-order valence-electron chi connectivity index (χ1n) is 7.43. The lowest BCUT2D eigenvalue weighted by Crippen LogP contribution is -2.38. The molecule has 1 saturated heterocycles. The maximum atomic E-state index is 14.0. The highest BCUT2D eigenvalue weighted by Gasteiger charge is 2.35. The molecule has 1 aromatic heterocycles. The second-order valence-electron chi connectivity index (χ2n) is 5.68. The Hall–Kier alpha value is -2.07. The minimum atomic E-state index is -4.94. The van der Waals surface area contributed by atoms with Crippen LogP contribution in [-0.4, -0.2) is 34.8 Å². The van der Waals surface area contributed by atoms with Crippen LogP contribution in [0, 0.1) is 18.6 Å². The minimum Gasteiger partial charge on any atom is -0.423 e. The Morgan fingerprint density at radius 1 is 1.20 bits per heavy atom. The third-order valence-corrected chi connectivity index (χ3v) is 3.80. The third-order valence-electron chi connectivity index (χ3n) is 3.80. The average Bonchev–Trinajstić information content (AvgIpc) is 2.96. The van der Waals surface area contributed by atoms with Crippen LogP contribution in [0.4, 0.5) is 22.0 Å². The number of alkyl halides is 3. The summed E-state index contributed by atoms with van der Waals surface area (Å²) in [4.78, 5) is 1.72. The third kappa shape index (κ3) is 3.96. The molecule has 0 aliphatic carbocycles. The summed E-state index contributed by atoms with van der Waals surface area (Å²) in [5.74, 6) is -1.97. The van der Waals surface area contributed by atoms with E-state index in [-0.39, 0.29) is 37.2 Å². The van der Waals surface area contributed by atoms with Crippen LogP contribution in [0.15, 0.2) is 16.5 Å². The van der Waals surface area contributed by atoms with Gasteiger partial charge in [0.05, 0.1) is 12.2 Å². The summed E-state index contributed by atoms with van der Waals surface area (Å²) in [7, 11) is 0. The van der Waals surface area contributed by atoms with Crippen LogP contribution in [0.3, 0.4) is 0 Å². The largest absolute Gasteiger partial charge is 0.423 e. The number of hydrogen-bond acceptors (Lipinski definition) is 5. The molecule has 0 spiro atoms. The fourth-order valence-corrected chi connectivity index (χ4v) is 2.60. The number of hydrogen-bond donors (Lipinski definition) is 0. The van der Waals surface area contributed by atoms with Crippen LogP contribution in [-0.2, 0) is 17.5 Å². The molecule has 2 heterocycles. The maximum absolute atomic E-state index is 14.0. The molecule has 1 aliphatic rings. The van der Waals surface area contributed by atoms with Gasteiger partial charge in [-0.3, -0.25) is 4.90 Å². The van der Waals surface area contributed by atoms with E-state index in [1.807, 2.05) is 0 Å². The summed E-state index contributed by atoms with van der Waals surface area (Å²) < 4.78 is 76.2. The molecule has 1 atom stereocenters. The predicted molar refractivity (Wildman–Crippen MR) is 74.4 cm³/mol. The van der Waals surface area contributed by atoms with Gasteiger partial charge >= 0.3 is 6.18 Å². The van der Waals surface area contributed by atoms with Crippen LogP contribution in [0.5, 0.6) is 0 Å². The van der Waals surface area contributed by atoms with E-state index < -0.39 is 29.5 Å². The van der Waals surface area contributed by atoms with Crippen molar-refractivity contribution in [2.75, 3.05) is 19.7 Å². The van der Waals surface area contributed by atoms with Crippen LogP contribution in [0.25, 0.3) is 0 Å². The van der Waals surface area contributed by atoms with Crippen LogP contribution < -0.4 is 0 Å². The van der Waals surface area contributed by atoms with E-state index in [0.29, 0.717) is 18.5 Å². The molecule has 1 aromatic carbocycles. The van der Waals surface area contributed by atoms with Crippen LogP contribution >= 0.6 is 0 Å². The average molecular weight is 363 g/mol. The first-order valence-corrected chi connectivity index (χ1v) is 7.43. The van der Waals surface area contributed by atoms with Crippen molar-refractivity contribution in [1.29, 1.82) is 0 Å². The molecule has 3 rings (SSSR count). The Morgan fingerprint density at radius 2 is 1.96 bits per heavy atom. The predicted octanol–water partition coefficient (Wildman–Crippen LogP) is 3.25. The van der Waals surface area contributed by atoms with Gasteiger partial charge in [-0.15, -0.1) is 10.2 Å². The Labute approximate surface area is 139 Å². The molecule has 0 amide bonds. The smallest absolute Gasteiger partial charge is 0.419 e. The number of aryl methyl sites for hydroxylation is 1. The van der Waals surface area contributed by atoms with Crippen molar-refractivity contribution in [3.05, 3.63) is 46.7 Å². The molecule has 0 bridgehead atoms. The Balaban J connectivity index is 1.74. The molecule has 10 heteroatoms. The zero-order valence-electron chi connectivity index (χ0n) is 13.1. The van der Waals surface area contributed by atoms with Gasteiger partial charge in [0.2, 0.25) is 11.8 Å². The molecule has 136 valence electrons. The lowest BCUT2D eigenvalue weighted by Gasteiger charge is -2.31. The van der Waals surface area contributed by atoms with E-state index in [9.17, 15) is 22.0 Å². The number of benzene rings is 1. The van der Waals surface area contributed by atoms with Gasteiger partial charge in [0.1, 0.15) is 17.7 Å². The fraction of sp³-hybridized carbons (Fsp3) is 0.467. The van der Waals surface area contributed by atoms with Crippen molar-refractivity contribution in [2.45, 2.75) is 25.7 Å². The van der Waals surface area contributed by atoms with Gasteiger partial charge in [-0.25, -0.2) is 8.78 Å². The molecule has 1 fully saturated rings. The topological polar surface area (TPSA) is 51.4 Å². The molecule has 1 aliphatic heterocycles. The Morgan fingerprint density at radius 3 is 2.60 bits per heavy atom. The highest BCUT2D eigenvalue weighted by atomic mass is 19.4.